The van der Waals surface area contributed by atoms with Crippen LogP contribution < -0.4 is 15.8 Å². The lowest BCUT2D eigenvalue weighted by Gasteiger charge is -2.17. The van der Waals surface area contributed by atoms with Crippen LogP contribution in [0.25, 0.3) is 0 Å². The van der Waals surface area contributed by atoms with E-state index in [1.807, 2.05) is 0 Å². The molecule has 6 nitrogen and oxygen atoms in total. The van der Waals surface area contributed by atoms with Crippen LogP contribution in [0.15, 0.2) is 0 Å². The molecule has 0 bridgehead atoms. The van der Waals surface area contributed by atoms with Crippen molar-refractivity contribution < 1.29 is 4.74 Å². The SMILES string of the molecule is CCC(C)CC(C)Nc1nc(N)nc(OC)n1. The third-order valence-corrected chi connectivity index (χ3v) is 2.64. The molecule has 96 valence electrons. The molecule has 0 spiro atoms. The van der Waals surface area contributed by atoms with E-state index in [2.05, 4.69) is 41.0 Å². The van der Waals surface area contributed by atoms with Crippen molar-refractivity contribution in [3.05, 3.63) is 0 Å². The molecule has 1 heterocycles. The molecular formula is C11H21N5O. The highest BCUT2D eigenvalue weighted by atomic mass is 16.5. The second-order valence-electron chi connectivity index (χ2n) is 4.30. The number of aromatic nitrogens is 3. The van der Waals surface area contributed by atoms with E-state index in [1.165, 1.54) is 7.11 Å². The average Bonchev–Trinajstić information content (AvgIpc) is 2.27. The molecular weight excluding hydrogens is 218 g/mol. The highest BCUT2D eigenvalue weighted by molar-refractivity contribution is 5.33. The van der Waals surface area contributed by atoms with Crippen LogP contribution in [0, 0.1) is 5.92 Å². The Bertz CT molecular complexity index is 358. The number of nitrogens with one attached hydrogen (secondary N) is 1. The maximum absolute atomic E-state index is 5.56. The molecule has 2 atom stereocenters. The van der Waals surface area contributed by atoms with Gasteiger partial charge in [-0.05, 0) is 19.3 Å². The molecule has 1 aromatic rings. The van der Waals surface area contributed by atoms with Gasteiger partial charge < -0.3 is 15.8 Å². The van der Waals surface area contributed by atoms with Crippen LogP contribution in [0.5, 0.6) is 6.01 Å². The Hall–Kier alpha value is -1.59. The summed E-state index contributed by atoms with van der Waals surface area (Å²) in [7, 11) is 1.50. The lowest BCUT2D eigenvalue weighted by molar-refractivity contribution is 0.379. The first-order chi connectivity index (χ1) is 8.05. The summed E-state index contributed by atoms with van der Waals surface area (Å²) in [6, 6.07) is 0.521. The maximum atomic E-state index is 5.56. The first-order valence-electron chi connectivity index (χ1n) is 5.87. The predicted octanol–water partition coefficient (Wildman–Crippen LogP) is 1.70. The lowest BCUT2D eigenvalue weighted by atomic mass is 10.0. The van der Waals surface area contributed by atoms with Gasteiger partial charge in [-0.3, -0.25) is 0 Å². The summed E-state index contributed by atoms with van der Waals surface area (Å²) in [5, 5.41) is 3.20. The Labute approximate surface area is 102 Å². The highest BCUT2D eigenvalue weighted by Crippen LogP contribution is 2.14. The van der Waals surface area contributed by atoms with Crippen molar-refractivity contribution >= 4 is 11.9 Å². The standard InChI is InChI=1S/C11H21N5O/c1-5-7(2)6-8(3)13-10-14-9(12)15-11(16-10)17-4/h7-8H,5-6H2,1-4H3,(H3,12,13,14,15,16). The van der Waals surface area contributed by atoms with Gasteiger partial charge in [0, 0.05) is 6.04 Å². The third kappa shape index (κ3) is 4.42. The quantitative estimate of drug-likeness (QED) is 0.785. The van der Waals surface area contributed by atoms with Gasteiger partial charge in [-0.2, -0.15) is 15.0 Å². The molecule has 3 N–H and O–H groups in total. The van der Waals surface area contributed by atoms with Crippen molar-refractivity contribution in [2.45, 2.75) is 39.7 Å². The predicted molar refractivity (Wildman–Crippen MR) is 67.9 cm³/mol. The van der Waals surface area contributed by atoms with Crippen LogP contribution >= 0.6 is 0 Å². The van der Waals surface area contributed by atoms with Crippen molar-refractivity contribution in [2.75, 3.05) is 18.2 Å². The molecule has 0 aliphatic carbocycles. The Balaban J connectivity index is 2.64. The van der Waals surface area contributed by atoms with Gasteiger partial charge in [0.15, 0.2) is 0 Å². The number of ether oxygens (including phenoxy) is 1. The fourth-order valence-electron chi connectivity index (χ4n) is 1.58. The van der Waals surface area contributed by atoms with E-state index in [-0.39, 0.29) is 18.0 Å². The molecule has 2 unspecified atom stereocenters. The van der Waals surface area contributed by atoms with Gasteiger partial charge in [0.1, 0.15) is 0 Å². The van der Waals surface area contributed by atoms with Crippen LogP contribution in [-0.4, -0.2) is 28.1 Å². The minimum absolute atomic E-state index is 0.162. The summed E-state index contributed by atoms with van der Waals surface area (Å²) >= 11 is 0. The van der Waals surface area contributed by atoms with Crippen molar-refractivity contribution in [1.29, 1.82) is 0 Å². The van der Waals surface area contributed by atoms with Crippen molar-refractivity contribution in [3.8, 4) is 6.01 Å². The molecule has 0 aliphatic heterocycles. The average molecular weight is 239 g/mol. The van der Waals surface area contributed by atoms with E-state index < -0.39 is 0 Å². The number of hydrogen-bond acceptors (Lipinski definition) is 6. The van der Waals surface area contributed by atoms with E-state index in [1.54, 1.807) is 0 Å². The summed E-state index contributed by atoms with van der Waals surface area (Å²) < 4.78 is 4.94. The third-order valence-electron chi connectivity index (χ3n) is 2.64. The van der Waals surface area contributed by atoms with Crippen LogP contribution in [0.3, 0.4) is 0 Å². The maximum Gasteiger partial charge on any atom is 0.322 e. The Morgan fingerprint density at radius 1 is 1.29 bits per heavy atom. The van der Waals surface area contributed by atoms with Gasteiger partial charge in [0.25, 0.3) is 0 Å². The second-order valence-corrected chi connectivity index (χ2v) is 4.30. The van der Waals surface area contributed by atoms with E-state index in [0.717, 1.165) is 12.8 Å². The lowest BCUT2D eigenvalue weighted by Crippen LogP contribution is -2.20. The van der Waals surface area contributed by atoms with E-state index >= 15 is 0 Å². The molecule has 17 heavy (non-hydrogen) atoms. The van der Waals surface area contributed by atoms with Crippen LogP contribution in [0.1, 0.15) is 33.6 Å². The minimum atomic E-state index is 0.162. The Morgan fingerprint density at radius 3 is 2.59 bits per heavy atom. The van der Waals surface area contributed by atoms with Gasteiger partial charge in [0.05, 0.1) is 7.11 Å². The van der Waals surface area contributed by atoms with E-state index in [0.29, 0.717) is 11.9 Å². The summed E-state index contributed by atoms with van der Waals surface area (Å²) in [5.74, 6) is 1.29. The number of nitrogens with zero attached hydrogens (tertiary/aromatic N) is 3. The molecule has 0 aromatic carbocycles. The fraction of sp³-hybridized carbons (Fsp3) is 0.727. The summed E-state index contributed by atoms with van der Waals surface area (Å²) in [6.45, 7) is 6.50. The van der Waals surface area contributed by atoms with Crippen LogP contribution in [-0.2, 0) is 0 Å². The monoisotopic (exact) mass is 239 g/mol. The smallest absolute Gasteiger partial charge is 0.322 e. The van der Waals surface area contributed by atoms with Crippen LogP contribution in [0.4, 0.5) is 11.9 Å². The number of methoxy groups -OCH3 is 1. The van der Waals surface area contributed by atoms with Gasteiger partial charge in [-0.15, -0.1) is 0 Å². The number of anilines is 2. The van der Waals surface area contributed by atoms with E-state index in [9.17, 15) is 0 Å². The number of rotatable bonds is 6. The molecule has 0 radical (unpaired) electrons. The molecule has 0 amide bonds. The number of hydrogen-bond donors (Lipinski definition) is 2. The minimum Gasteiger partial charge on any atom is -0.467 e. The van der Waals surface area contributed by atoms with Crippen molar-refractivity contribution in [1.82, 2.24) is 15.0 Å². The zero-order chi connectivity index (χ0) is 12.8. The molecule has 1 aromatic heterocycles. The van der Waals surface area contributed by atoms with Gasteiger partial charge in [-0.1, -0.05) is 20.3 Å². The van der Waals surface area contributed by atoms with Gasteiger partial charge >= 0.3 is 6.01 Å². The molecule has 0 saturated carbocycles. The normalized spacial score (nSPS) is 14.1. The molecule has 0 aliphatic rings. The topological polar surface area (TPSA) is 86.0 Å². The fourth-order valence-corrected chi connectivity index (χ4v) is 1.58. The summed E-state index contributed by atoms with van der Waals surface area (Å²) in [5.41, 5.74) is 5.56. The van der Waals surface area contributed by atoms with Crippen molar-refractivity contribution in [3.63, 3.8) is 0 Å². The van der Waals surface area contributed by atoms with Gasteiger partial charge in [0.2, 0.25) is 11.9 Å². The Morgan fingerprint density at radius 2 is 2.00 bits per heavy atom. The van der Waals surface area contributed by atoms with Crippen LogP contribution in [0.2, 0.25) is 0 Å². The van der Waals surface area contributed by atoms with Gasteiger partial charge in [-0.25, -0.2) is 0 Å². The first kappa shape index (κ1) is 13.5. The number of nitrogen functional groups attached to an aromatic ring is 1. The highest BCUT2D eigenvalue weighted by Gasteiger charge is 2.10. The molecule has 1 rings (SSSR count). The second kappa shape index (κ2) is 6.22. The summed E-state index contributed by atoms with van der Waals surface area (Å²) in [4.78, 5) is 11.9. The Kier molecular flexibility index (Phi) is 4.93. The largest absolute Gasteiger partial charge is 0.467 e. The number of nitrogens with two attached hydrogens (primary N) is 1. The van der Waals surface area contributed by atoms with Crippen molar-refractivity contribution in [2.24, 2.45) is 5.92 Å². The molecule has 0 saturated heterocycles. The first-order valence-corrected chi connectivity index (χ1v) is 5.87. The summed E-state index contributed by atoms with van der Waals surface area (Å²) in [6.07, 6.45) is 2.22. The molecule has 0 fully saturated rings. The van der Waals surface area contributed by atoms with E-state index in [4.69, 9.17) is 10.5 Å². The zero-order valence-electron chi connectivity index (χ0n) is 10.9. The zero-order valence-corrected chi connectivity index (χ0v) is 10.9. The molecule has 6 heteroatoms.